The van der Waals surface area contributed by atoms with Gasteiger partial charge in [-0.15, -0.1) is 11.8 Å². The summed E-state index contributed by atoms with van der Waals surface area (Å²) in [4.78, 5) is 36.9. The summed E-state index contributed by atoms with van der Waals surface area (Å²) in [6, 6.07) is 20.3. The summed E-state index contributed by atoms with van der Waals surface area (Å²) < 4.78 is 0. The third kappa shape index (κ3) is 6.34. The van der Waals surface area contributed by atoms with Crippen molar-refractivity contribution in [3.05, 3.63) is 88.9 Å². The molecule has 0 saturated heterocycles. The average molecular weight is 454 g/mol. The van der Waals surface area contributed by atoms with E-state index in [4.69, 9.17) is 17.3 Å². The van der Waals surface area contributed by atoms with Crippen LogP contribution in [0.25, 0.3) is 0 Å². The van der Waals surface area contributed by atoms with Crippen molar-refractivity contribution < 1.29 is 14.4 Å². The lowest BCUT2D eigenvalue weighted by molar-refractivity contribution is -0.115. The van der Waals surface area contributed by atoms with E-state index in [-0.39, 0.29) is 11.8 Å². The minimum absolute atomic E-state index is 0.190. The van der Waals surface area contributed by atoms with Crippen molar-refractivity contribution in [2.75, 3.05) is 10.6 Å². The van der Waals surface area contributed by atoms with E-state index in [1.165, 1.54) is 11.8 Å². The summed E-state index contributed by atoms with van der Waals surface area (Å²) in [6.45, 7) is 1.79. The highest BCUT2D eigenvalue weighted by Crippen LogP contribution is 2.27. The summed E-state index contributed by atoms with van der Waals surface area (Å²) in [7, 11) is 0. The van der Waals surface area contributed by atoms with Gasteiger partial charge >= 0.3 is 0 Å². The fourth-order valence-electron chi connectivity index (χ4n) is 2.70. The Morgan fingerprint density at radius 3 is 2.26 bits per heavy atom. The van der Waals surface area contributed by atoms with Crippen molar-refractivity contribution in [2.45, 2.75) is 17.1 Å². The second-order valence-corrected chi connectivity index (χ2v) is 8.53. The molecule has 3 amide bonds. The van der Waals surface area contributed by atoms with Crippen LogP contribution < -0.4 is 16.4 Å². The lowest BCUT2D eigenvalue weighted by Gasteiger charge is -2.13. The van der Waals surface area contributed by atoms with Crippen LogP contribution in [-0.4, -0.2) is 23.0 Å². The van der Waals surface area contributed by atoms with Crippen molar-refractivity contribution >= 4 is 52.5 Å². The molecule has 3 aromatic rings. The highest BCUT2D eigenvalue weighted by molar-refractivity contribution is 8.00. The van der Waals surface area contributed by atoms with E-state index in [1.54, 1.807) is 67.6 Å². The Labute approximate surface area is 189 Å². The Hall–Kier alpha value is -3.29. The Kier molecular flexibility index (Phi) is 7.33. The van der Waals surface area contributed by atoms with Crippen LogP contribution in [-0.2, 0) is 4.79 Å². The molecule has 0 spiro atoms. The van der Waals surface area contributed by atoms with Crippen LogP contribution in [0.2, 0.25) is 5.02 Å². The molecular weight excluding hydrogens is 434 g/mol. The molecule has 0 radical (unpaired) electrons. The van der Waals surface area contributed by atoms with Gasteiger partial charge in [-0.3, -0.25) is 14.4 Å². The molecule has 0 aliphatic heterocycles. The Morgan fingerprint density at radius 1 is 0.871 bits per heavy atom. The first-order chi connectivity index (χ1) is 14.8. The van der Waals surface area contributed by atoms with E-state index < -0.39 is 11.2 Å². The number of hydrogen-bond acceptors (Lipinski definition) is 4. The molecule has 1 atom stereocenters. The number of nitrogens with two attached hydrogens (primary N) is 1. The van der Waals surface area contributed by atoms with Crippen LogP contribution in [0.15, 0.2) is 77.7 Å². The number of rotatable bonds is 7. The first-order valence-corrected chi connectivity index (χ1v) is 10.6. The Balaban J connectivity index is 1.61. The van der Waals surface area contributed by atoms with Crippen LogP contribution in [0.5, 0.6) is 0 Å². The number of halogens is 1. The number of hydrogen-bond donors (Lipinski definition) is 3. The summed E-state index contributed by atoms with van der Waals surface area (Å²) in [5, 5.41) is 5.73. The Morgan fingerprint density at radius 2 is 1.58 bits per heavy atom. The van der Waals surface area contributed by atoms with Gasteiger partial charge in [0.05, 0.1) is 5.25 Å². The fraction of sp³-hybridized carbons (Fsp3) is 0.0870. The summed E-state index contributed by atoms with van der Waals surface area (Å²) in [6.07, 6.45) is 0. The van der Waals surface area contributed by atoms with Gasteiger partial charge in [0.25, 0.3) is 5.91 Å². The van der Waals surface area contributed by atoms with E-state index in [0.717, 1.165) is 4.90 Å². The molecule has 0 bridgehead atoms. The zero-order valence-electron chi connectivity index (χ0n) is 16.6. The second kappa shape index (κ2) is 10.1. The molecular formula is C23H20ClN3O3S. The second-order valence-electron chi connectivity index (χ2n) is 6.68. The normalized spacial score (nSPS) is 11.4. The summed E-state index contributed by atoms with van der Waals surface area (Å²) >= 11 is 7.30. The molecule has 0 fully saturated rings. The molecule has 0 aromatic heterocycles. The number of anilines is 2. The van der Waals surface area contributed by atoms with Gasteiger partial charge in [0.15, 0.2) is 0 Å². The third-order valence-corrected chi connectivity index (χ3v) is 5.63. The molecule has 1 unspecified atom stereocenters. The van der Waals surface area contributed by atoms with Crippen molar-refractivity contribution in [1.29, 1.82) is 0 Å². The monoisotopic (exact) mass is 453 g/mol. The molecule has 6 nitrogen and oxygen atoms in total. The number of nitrogens with one attached hydrogen (secondary N) is 2. The van der Waals surface area contributed by atoms with Crippen LogP contribution in [0.1, 0.15) is 27.6 Å². The van der Waals surface area contributed by atoms with Gasteiger partial charge in [-0.2, -0.15) is 0 Å². The minimum atomic E-state index is -0.524. The maximum absolute atomic E-state index is 12.5. The van der Waals surface area contributed by atoms with Crippen LogP contribution in [0.4, 0.5) is 11.4 Å². The molecule has 8 heteroatoms. The maximum atomic E-state index is 12.5. The zero-order valence-corrected chi connectivity index (χ0v) is 18.2. The van der Waals surface area contributed by atoms with Crippen molar-refractivity contribution in [2.24, 2.45) is 5.73 Å². The van der Waals surface area contributed by atoms with Gasteiger partial charge < -0.3 is 16.4 Å². The Bertz CT molecular complexity index is 1120. The molecule has 0 saturated carbocycles. The molecule has 0 heterocycles. The average Bonchev–Trinajstić information content (AvgIpc) is 2.74. The first-order valence-electron chi connectivity index (χ1n) is 9.36. The topological polar surface area (TPSA) is 101 Å². The maximum Gasteiger partial charge on any atom is 0.255 e. The van der Waals surface area contributed by atoms with Gasteiger partial charge in [0, 0.05) is 32.4 Å². The van der Waals surface area contributed by atoms with Crippen molar-refractivity contribution in [3.8, 4) is 0 Å². The lowest BCUT2D eigenvalue weighted by atomic mass is 10.2. The number of benzene rings is 3. The third-order valence-electron chi connectivity index (χ3n) is 4.30. The number of amides is 3. The van der Waals surface area contributed by atoms with Crippen LogP contribution in [0.3, 0.4) is 0 Å². The molecule has 3 rings (SSSR count). The molecule has 0 aliphatic rings. The SMILES string of the molecule is CC(Sc1cccc(NC(=O)c2cccc(Cl)c2)c1)C(=O)Nc1ccc(C(N)=O)cc1. The molecule has 0 aliphatic carbocycles. The smallest absolute Gasteiger partial charge is 0.255 e. The quantitative estimate of drug-likeness (QED) is 0.447. The largest absolute Gasteiger partial charge is 0.366 e. The first kappa shape index (κ1) is 22.4. The van der Waals surface area contributed by atoms with E-state index >= 15 is 0 Å². The van der Waals surface area contributed by atoms with E-state index in [9.17, 15) is 14.4 Å². The predicted octanol–water partition coefficient (Wildman–Crippen LogP) is 4.81. The zero-order chi connectivity index (χ0) is 22.4. The van der Waals surface area contributed by atoms with Gasteiger partial charge in [-0.05, 0) is 67.6 Å². The van der Waals surface area contributed by atoms with Gasteiger partial charge in [0.1, 0.15) is 0 Å². The van der Waals surface area contributed by atoms with Crippen molar-refractivity contribution in [1.82, 2.24) is 0 Å². The lowest BCUT2D eigenvalue weighted by Crippen LogP contribution is -2.22. The molecule has 4 N–H and O–H groups in total. The van der Waals surface area contributed by atoms with Gasteiger partial charge in [0.2, 0.25) is 11.8 Å². The standard InChI is InChI=1S/C23H20ClN3O3S/c1-14(22(29)26-18-10-8-15(9-11-18)21(25)28)31-20-7-3-6-19(13-20)27-23(30)16-4-2-5-17(24)12-16/h2-14H,1H3,(H2,25,28)(H,26,29)(H,27,30). The summed E-state index contributed by atoms with van der Waals surface area (Å²) in [5.41, 5.74) is 7.24. The minimum Gasteiger partial charge on any atom is -0.366 e. The van der Waals surface area contributed by atoms with E-state index in [0.29, 0.717) is 27.5 Å². The number of carbonyl (C=O) groups is 3. The number of carbonyl (C=O) groups excluding carboxylic acids is 3. The molecule has 3 aromatic carbocycles. The van der Waals surface area contributed by atoms with Crippen LogP contribution in [0, 0.1) is 0 Å². The summed E-state index contributed by atoms with van der Waals surface area (Å²) in [5.74, 6) is -0.982. The molecule has 158 valence electrons. The van der Waals surface area contributed by atoms with Crippen LogP contribution >= 0.6 is 23.4 Å². The van der Waals surface area contributed by atoms with E-state index in [1.807, 2.05) is 12.1 Å². The van der Waals surface area contributed by atoms with Gasteiger partial charge in [-0.25, -0.2) is 0 Å². The highest BCUT2D eigenvalue weighted by Gasteiger charge is 2.15. The highest BCUT2D eigenvalue weighted by atomic mass is 35.5. The fourth-order valence-corrected chi connectivity index (χ4v) is 3.82. The van der Waals surface area contributed by atoms with Crippen molar-refractivity contribution in [3.63, 3.8) is 0 Å². The van der Waals surface area contributed by atoms with E-state index in [2.05, 4.69) is 10.6 Å². The number of thioether (sulfide) groups is 1. The van der Waals surface area contributed by atoms with Gasteiger partial charge in [-0.1, -0.05) is 23.7 Å². The number of primary amides is 1. The molecule has 31 heavy (non-hydrogen) atoms. The predicted molar refractivity (Wildman–Crippen MR) is 125 cm³/mol.